The molecule has 0 saturated carbocycles. The van der Waals surface area contributed by atoms with Gasteiger partial charge in [-0.05, 0) is 31.0 Å². The summed E-state index contributed by atoms with van der Waals surface area (Å²) >= 11 is 5.96. The number of piperidine rings is 1. The van der Waals surface area contributed by atoms with Gasteiger partial charge in [0.2, 0.25) is 15.8 Å². The van der Waals surface area contributed by atoms with Crippen LogP contribution in [0, 0.1) is 16.0 Å². The minimum atomic E-state index is -4.07. The van der Waals surface area contributed by atoms with Crippen molar-refractivity contribution in [1.29, 1.82) is 0 Å². The second kappa shape index (κ2) is 8.94. The maximum Gasteiger partial charge on any atom is 0.309 e. The molecule has 0 bridgehead atoms. The molecule has 1 aliphatic rings. The van der Waals surface area contributed by atoms with Crippen LogP contribution in [0.2, 0.25) is 5.02 Å². The molecule has 0 radical (unpaired) electrons. The molecule has 1 fully saturated rings. The van der Waals surface area contributed by atoms with Crippen LogP contribution in [0.5, 0.6) is 0 Å². The van der Waals surface area contributed by atoms with Crippen LogP contribution in [0.25, 0.3) is 0 Å². The monoisotopic (exact) mass is 455 g/mol. The summed E-state index contributed by atoms with van der Waals surface area (Å²) in [6.45, 7) is -0.363. The van der Waals surface area contributed by atoms with E-state index in [2.05, 4.69) is 4.98 Å². The molecule has 1 aliphatic heterocycles. The number of ether oxygens (including phenoxy) is 1. The van der Waals surface area contributed by atoms with Gasteiger partial charge in [0.1, 0.15) is 4.90 Å². The van der Waals surface area contributed by atoms with E-state index in [1.165, 1.54) is 0 Å². The topological polar surface area (TPSA) is 140 Å². The summed E-state index contributed by atoms with van der Waals surface area (Å²) in [7, 11) is -4.07. The number of aromatic nitrogens is 1. The lowest BCUT2D eigenvalue weighted by atomic mass is 9.98. The number of nitro benzene ring substituents is 1. The molecule has 0 spiro atoms. The summed E-state index contributed by atoms with van der Waals surface area (Å²) in [5.41, 5.74) is -0.0549. The minimum Gasteiger partial charge on any atom is -0.457 e. The molecule has 30 heavy (non-hydrogen) atoms. The number of hydrogen-bond donors (Lipinski definition) is 1. The lowest BCUT2D eigenvalue weighted by Gasteiger charge is -2.30. The van der Waals surface area contributed by atoms with Crippen LogP contribution >= 0.6 is 11.6 Å². The fraction of sp³-hybridized carbons (Fsp3) is 0.333. The number of hydrogen-bond acceptors (Lipinski definition) is 7. The molecule has 2 heterocycles. The van der Waals surface area contributed by atoms with Gasteiger partial charge in [0.25, 0.3) is 5.69 Å². The van der Waals surface area contributed by atoms with Crippen LogP contribution in [0.1, 0.15) is 23.3 Å². The maximum atomic E-state index is 12.9. The Morgan fingerprint density at radius 3 is 2.57 bits per heavy atom. The normalized spacial score (nSPS) is 15.6. The smallest absolute Gasteiger partial charge is 0.309 e. The molecule has 1 aromatic heterocycles. The fourth-order valence-electron chi connectivity index (χ4n) is 3.11. The highest BCUT2D eigenvalue weighted by molar-refractivity contribution is 7.89. The van der Waals surface area contributed by atoms with Crippen molar-refractivity contribution in [3.8, 4) is 0 Å². The second-order valence-corrected chi connectivity index (χ2v) is 8.98. The lowest BCUT2D eigenvalue weighted by molar-refractivity contribution is -0.385. The quantitative estimate of drug-likeness (QED) is 0.292. The maximum absolute atomic E-state index is 12.9. The highest BCUT2D eigenvalue weighted by atomic mass is 35.5. The van der Waals surface area contributed by atoms with Gasteiger partial charge in [0.15, 0.2) is 6.61 Å². The standard InChI is InChI=1S/C18H18ClN3O7S/c19-14-4-3-13(22(25)26)10-17(14)30(27,28)21-8-5-12(6-9-21)18(24)29-11-16(23)15-2-1-7-20-15/h1-4,7,10,12,20H,5-6,8-9,11H2. The summed E-state index contributed by atoms with van der Waals surface area (Å²) in [6, 6.07) is 6.43. The van der Waals surface area contributed by atoms with E-state index >= 15 is 0 Å². The summed E-state index contributed by atoms with van der Waals surface area (Å²) in [4.78, 5) is 36.7. The van der Waals surface area contributed by atoms with Crippen molar-refractivity contribution < 1.29 is 27.7 Å². The van der Waals surface area contributed by atoms with Gasteiger partial charge in [-0.3, -0.25) is 19.7 Å². The number of H-pyrrole nitrogens is 1. The van der Waals surface area contributed by atoms with Crippen LogP contribution in [0.3, 0.4) is 0 Å². The zero-order valence-corrected chi connectivity index (χ0v) is 17.2. The summed E-state index contributed by atoms with van der Waals surface area (Å²) < 4.78 is 31.9. The summed E-state index contributed by atoms with van der Waals surface area (Å²) in [5.74, 6) is -1.48. The van der Waals surface area contributed by atoms with Crippen LogP contribution < -0.4 is 0 Å². The van der Waals surface area contributed by atoms with Crippen molar-refractivity contribution in [2.45, 2.75) is 17.7 Å². The van der Waals surface area contributed by atoms with E-state index in [0.717, 1.165) is 22.5 Å². The fourth-order valence-corrected chi connectivity index (χ4v) is 5.07. The van der Waals surface area contributed by atoms with Gasteiger partial charge in [-0.15, -0.1) is 0 Å². The molecule has 0 amide bonds. The van der Waals surface area contributed by atoms with Crippen LogP contribution in [0.4, 0.5) is 5.69 Å². The molecule has 0 aliphatic carbocycles. The second-order valence-electron chi connectivity index (χ2n) is 6.66. The molecule has 1 N–H and O–H groups in total. The number of ketones is 1. The van der Waals surface area contributed by atoms with Crippen LogP contribution in [-0.4, -0.2) is 54.1 Å². The third-order valence-electron chi connectivity index (χ3n) is 4.77. The Bertz CT molecular complexity index is 1060. The number of non-ortho nitro benzene ring substituents is 1. The largest absolute Gasteiger partial charge is 0.457 e. The van der Waals surface area contributed by atoms with E-state index < -0.39 is 33.4 Å². The molecule has 1 saturated heterocycles. The van der Waals surface area contributed by atoms with Crippen molar-refractivity contribution in [1.82, 2.24) is 9.29 Å². The molecule has 1 aromatic carbocycles. The first-order valence-electron chi connectivity index (χ1n) is 8.97. The van der Waals surface area contributed by atoms with Crippen molar-refractivity contribution in [2.24, 2.45) is 5.92 Å². The Labute approximate surface area is 177 Å². The van der Waals surface area contributed by atoms with Gasteiger partial charge in [-0.1, -0.05) is 11.6 Å². The van der Waals surface area contributed by atoms with E-state index in [9.17, 15) is 28.1 Å². The number of benzene rings is 1. The van der Waals surface area contributed by atoms with Crippen molar-refractivity contribution in [2.75, 3.05) is 19.7 Å². The molecule has 160 valence electrons. The lowest BCUT2D eigenvalue weighted by Crippen LogP contribution is -2.40. The molecule has 2 aromatic rings. The molecule has 3 rings (SSSR count). The van der Waals surface area contributed by atoms with E-state index in [1.54, 1.807) is 18.3 Å². The Balaban J connectivity index is 1.60. The van der Waals surface area contributed by atoms with Gasteiger partial charge >= 0.3 is 5.97 Å². The number of Topliss-reactive ketones (excluding diaryl/α,β-unsaturated/α-hetero) is 1. The Morgan fingerprint density at radius 1 is 1.27 bits per heavy atom. The minimum absolute atomic E-state index is 0.0195. The number of carbonyl (C=O) groups excluding carboxylic acids is 2. The third kappa shape index (κ3) is 4.69. The van der Waals surface area contributed by atoms with Gasteiger partial charge in [0, 0.05) is 31.4 Å². The first-order valence-corrected chi connectivity index (χ1v) is 10.8. The van der Waals surface area contributed by atoms with E-state index in [-0.39, 0.29) is 47.3 Å². The molecule has 0 unspecified atom stereocenters. The third-order valence-corrected chi connectivity index (χ3v) is 7.15. The van der Waals surface area contributed by atoms with Gasteiger partial charge in [-0.25, -0.2) is 8.42 Å². The predicted molar refractivity (Wildman–Crippen MR) is 106 cm³/mol. The predicted octanol–water partition coefficient (Wildman–Crippen LogP) is 2.40. The first kappa shape index (κ1) is 21.9. The zero-order chi connectivity index (χ0) is 21.9. The number of nitro groups is 1. The number of aromatic amines is 1. The summed E-state index contributed by atoms with van der Waals surface area (Å²) in [6.07, 6.45) is 1.97. The zero-order valence-electron chi connectivity index (χ0n) is 15.6. The van der Waals surface area contributed by atoms with E-state index in [0.29, 0.717) is 5.69 Å². The molecular formula is C18H18ClN3O7S. The number of nitrogens with one attached hydrogen (secondary N) is 1. The van der Waals surface area contributed by atoms with Crippen LogP contribution in [-0.2, 0) is 19.6 Å². The molecule has 10 nitrogen and oxygen atoms in total. The highest BCUT2D eigenvalue weighted by Gasteiger charge is 2.34. The number of esters is 1. The Kier molecular flexibility index (Phi) is 6.54. The average Bonchev–Trinajstić information content (AvgIpc) is 3.27. The van der Waals surface area contributed by atoms with Gasteiger partial charge in [0.05, 0.1) is 21.6 Å². The van der Waals surface area contributed by atoms with Gasteiger partial charge < -0.3 is 9.72 Å². The number of rotatable bonds is 7. The first-order chi connectivity index (χ1) is 14.2. The number of carbonyl (C=O) groups is 2. The van der Waals surface area contributed by atoms with Crippen LogP contribution in [0.15, 0.2) is 41.4 Å². The SMILES string of the molecule is O=C(COC(=O)C1CCN(S(=O)(=O)c2cc([N+](=O)[O-])ccc2Cl)CC1)c1ccc[nH]1. The summed E-state index contributed by atoms with van der Waals surface area (Å²) in [5, 5.41) is 10.8. The number of sulfonamides is 1. The Morgan fingerprint density at radius 2 is 1.97 bits per heavy atom. The van der Waals surface area contributed by atoms with Crippen molar-refractivity contribution in [3.05, 3.63) is 57.4 Å². The van der Waals surface area contributed by atoms with Crippen molar-refractivity contribution >= 4 is 39.1 Å². The van der Waals surface area contributed by atoms with E-state index in [4.69, 9.17) is 16.3 Å². The molecule has 0 atom stereocenters. The molecular weight excluding hydrogens is 438 g/mol. The average molecular weight is 456 g/mol. The highest BCUT2D eigenvalue weighted by Crippen LogP contribution is 2.31. The number of nitrogens with zero attached hydrogens (tertiary/aromatic N) is 2. The van der Waals surface area contributed by atoms with E-state index in [1.807, 2.05) is 0 Å². The van der Waals surface area contributed by atoms with Crippen molar-refractivity contribution in [3.63, 3.8) is 0 Å². The Hall–Kier alpha value is -2.76. The van der Waals surface area contributed by atoms with Gasteiger partial charge in [-0.2, -0.15) is 4.31 Å². The number of halogens is 1. The molecule has 12 heteroatoms.